The molecule has 1 N–H and O–H groups in total. The van der Waals surface area contributed by atoms with Crippen LogP contribution in [0.2, 0.25) is 0 Å². The lowest BCUT2D eigenvalue weighted by molar-refractivity contribution is -0.137. The van der Waals surface area contributed by atoms with Crippen molar-refractivity contribution in [2.45, 2.75) is 30.4 Å². The van der Waals surface area contributed by atoms with E-state index in [1.807, 2.05) is 0 Å². The molecule has 1 aliphatic rings. The standard InChI is InChI=1S/C12H11ClF3NO/c13-10(11(18)17-9-4-5-9)7-2-1-3-8(6-7)12(14,15)16/h1-3,6,9-10H,4-5H2,(H,17,18). The van der Waals surface area contributed by atoms with Crippen LogP contribution in [0.4, 0.5) is 13.2 Å². The van der Waals surface area contributed by atoms with Gasteiger partial charge in [0.1, 0.15) is 5.38 Å². The molecule has 0 radical (unpaired) electrons. The van der Waals surface area contributed by atoms with Crippen molar-refractivity contribution in [1.29, 1.82) is 0 Å². The minimum absolute atomic E-state index is 0.129. The van der Waals surface area contributed by atoms with E-state index in [4.69, 9.17) is 11.6 Å². The number of rotatable bonds is 3. The Kier molecular flexibility index (Phi) is 3.52. The maximum absolute atomic E-state index is 12.5. The quantitative estimate of drug-likeness (QED) is 0.844. The van der Waals surface area contributed by atoms with Crippen LogP contribution >= 0.6 is 11.6 Å². The molecule has 1 saturated carbocycles. The second kappa shape index (κ2) is 4.80. The molecular weight excluding hydrogens is 267 g/mol. The van der Waals surface area contributed by atoms with Gasteiger partial charge in [-0.1, -0.05) is 12.1 Å². The van der Waals surface area contributed by atoms with Gasteiger partial charge >= 0.3 is 6.18 Å². The van der Waals surface area contributed by atoms with Gasteiger partial charge in [-0.2, -0.15) is 13.2 Å². The first-order valence-corrected chi connectivity index (χ1v) is 5.93. The molecule has 0 saturated heterocycles. The fourth-order valence-corrected chi connectivity index (χ4v) is 1.72. The molecule has 1 aromatic carbocycles. The average Bonchev–Trinajstić information content (AvgIpc) is 3.11. The number of nitrogens with one attached hydrogen (secondary N) is 1. The lowest BCUT2D eigenvalue weighted by atomic mass is 10.1. The van der Waals surface area contributed by atoms with Crippen molar-refractivity contribution < 1.29 is 18.0 Å². The van der Waals surface area contributed by atoms with Crippen molar-refractivity contribution >= 4 is 17.5 Å². The highest BCUT2D eigenvalue weighted by Gasteiger charge is 2.32. The van der Waals surface area contributed by atoms with Crippen molar-refractivity contribution in [2.75, 3.05) is 0 Å². The second-order valence-corrected chi connectivity index (χ2v) is 4.71. The SMILES string of the molecule is O=C(NC1CC1)C(Cl)c1cccc(C(F)(F)F)c1. The molecule has 1 aliphatic carbocycles. The minimum Gasteiger partial charge on any atom is -0.352 e. The Morgan fingerprint density at radius 3 is 2.61 bits per heavy atom. The molecule has 1 amide bonds. The number of amides is 1. The Balaban J connectivity index is 2.14. The molecule has 1 atom stereocenters. The van der Waals surface area contributed by atoms with Crippen LogP contribution in [-0.4, -0.2) is 11.9 Å². The van der Waals surface area contributed by atoms with Crippen molar-refractivity contribution in [3.8, 4) is 0 Å². The van der Waals surface area contributed by atoms with E-state index in [1.165, 1.54) is 12.1 Å². The largest absolute Gasteiger partial charge is 0.416 e. The number of hydrogen-bond donors (Lipinski definition) is 1. The molecule has 0 heterocycles. The predicted octanol–water partition coefficient (Wildman–Crippen LogP) is 3.26. The summed E-state index contributed by atoms with van der Waals surface area (Å²) in [6, 6.07) is 4.65. The first-order valence-electron chi connectivity index (χ1n) is 5.49. The average molecular weight is 278 g/mol. The van der Waals surface area contributed by atoms with Crippen LogP contribution < -0.4 is 5.32 Å². The van der Waals surface area contributed by atoms with Gasteiger partial charge in [-0.05, 0) is 30.5 Å². The molecule has 0 bridgehead atoms. The highest BCUT2D eigenvalue weighted by Crippen LogP contribution is 2.32. The van der Waals surface area contributed by atoms with E-state index in [9.17, 15) is 18.0 Å². The monoisotopic (exact) mass is 277 g/mol. The molecule has 1 fully saturated rings. The van der Waals surface area contributed by atoms with Crippen molar-refractivity contribution in [3.05, 3.63) is 35.4 Å². The van der Waals surface area contributed by atoms with Crippen LogP contribution in [0.15, 0.2) is 24.3 Å². The fraction of sp³-hybridized carbons (Fsp3) is 0.417. The Morgan fingerprint density at radius 1 is 1.39 bits per heavy atom. The van der Waals surface area contributed by atoms with Crippen LogP contribution in [0, 0.1) is 0 Å². The zero-order valence-electron chi connectivity index (χ0n) is 9.30. The molecule has 0 spiro atoms. The van der Waals surface area contributed by atoms with Gasteiger partial charge in [-0.15, -0.1) is 11.6 Å². The minimum atomic E-state index is -4.43. The van der Waals surface area contributed by atoms with E-state index in [-0.39, 0.29) is 11.6 Å². The number of carbonyl (C=O) groups is 1. The van der Waals surface area contributed by atoms with Crippen molar-refractivity contribution in [2.24, 2.45) is 0 Å². The van der Waals surface area contributed by atoms with E-state index in [0.717, 1.165) is 25.0 Å². The van der Waals surface area contributed by atoms with E-state index in [0.29, 0.717) is 0 Å². The Morgan fingerprint density at radius 2 is 2.06 bits per heavy atom. The fourth-order valence-electron chi connectivity index (χ4n) is 1.53. The van der Waals surface area contributed by atoms with Crippen LogP contribution in [0.5, 0.6) is 0 Å². The van der Waals surface area contributed by atoms with Gasteiger partial charge in [0.15, 0.2) is 0 Å². The highest BCUT2D eigenvalue weighted by molar-refractivity contribution is 6.30. The third kappa shape index (κ3) is 3.16. The van der Waals surface area contributed by atoms with Gasteiger partial charge in [0.25, 0.3) is 0 Å². The topological polar surface area (TPSA) is 29.1 Å². The Labute approximate surface area is 107 Å². The van der Waals surface area contributed by atoms with Crippen LogP contribution in [0.25, 0.3) is 0 Å². The number of benzene rings is 1. The summed E-state index contributed by atoms with van der Waals surface area (Å²) in [5.41, 5.74) is -0.644. The molecule has 2 nitrogen and oxygen atoms in total. The molecule has 2 rings (SSSR count). The van der Waals surface area contributed by atoms with Crippen molar-refractivity contribution in [3.63, 3.8) is 0 Å². The molecule has 1 unspecified atom stereocenters. The molecule has 98 valence electrons. The van der Waals surface area contributed by atoms with Gasteiger partial charge in [-0.25, -0.2) is 0 Å². The van der Waals surface area contributed by atoms with E-state index < -0.39 is 23.0 Å². The summed E-state index contributed by atoms with van der Waals surface area (Å²) >= 11 is 5.87. The smallest absolute Gasteiger partial charge is 0.352 e. The van der Waals surface area contributed by atoms with Crippen molar-refractivity contribution in [1.82, 2.24) is 5.32 Å². The zero-order valence-corrected chi connectivity index (χ0v) is 10.1. The van der Waals surface area contributed by atoms with Gasteiger partial charge in [-0.3, -0.25) is 4.79 Å². The van der Waals surface area contributed by atoms with Crippen LogP contribution in [0.1, 0.15) is 29.3 Å². The van der Waals surface area contributed by atoms with Gasteiger partial charge in [0.05, 0.1) is 5.56 Å². The summed E-state index contributed by atoms with van der Waals surface area (Å²) in [5.74, 6) is -0.446. The lowest BCUT2D eigenvalue weighted by Crippen LogP contribution is -2.28. The third-order valence-electron chi connectivity index (χ3n) is 2.66. The molecule has 18 heavy (non-hydrogen) atoms. The summed E-state index contributed by atoms with van der Waals surface area (Å²) < 4.78 is 37.5. The molecular formula is C12H11ClF3NO. The first kappa shape index (κ1) is 13.2. The normalized spacial score (nSPS) is 17.3. The molecule has 0 aliphatic heterocycles. The van der Waals surface area contributed by atoms with E-state index in [1.54, 1.807) is 0 Å². The first-order chi connectivity index (χ1) is 8.38. The number of alkyl halides is 4. The van der Waals surface area contributed by atoms with Crippen LogP contribution in [0.3, 0.4) is 0 Å². The molecule has 1 aromatic rings. The molecule has 0 aromatic heterocycles. The van der Waals surface area contributed by atoms with Crippen LogP contribution in [-0.2, 0) is 11.0 Å². The van der Waals surface area contributed by atoms with E-state index in [2.05, 4.69) is 5.32 Å². The zero-order chi connectivity index (χ0) is 13.3. The summed E-state index contributed by atoms with van der Waals surface area (Å²) in [6.07, 6.45) is -2.63. The lowest BCUT2D eigenvalue weighted by Gasteiger charge is -2.13. The van der Waals surface area contributed by atoms with Gasteiger partial charge in [0, 0.05) is 6.04 Å². The summed E-state index contributed by atoms with van der Waals surface area (Å²) in [6.45, 7) is 0. The van der Waals surface area contributed by atoms with Gasteiger partial charge < -0.3 is 5.32 Å². The predicted molar refractivity (Wildman–Crippen MR) is 61.2 cm³/mol. The third-order valence-corrected chi connectivity index (χ3v) is 3.11. The summed E-state index contributed by atoms with van der Waals surface area (Å²) in [5, 5.41) is 1.57. The number of halogens is 4. The highest BCUT2D eigenvalue weighted by atomic mass is 35.5. The second-order valence-electron chi connectivity index (χ2n) is 4.27. The van der Waals surface area contributed by atoms with Gasteiger partial charge in [0.2, 0.25) is 5.91 Å². The maximum atomic E-state index is 12.5. The summed E-state index contributed by atoms with van der Waals surface area (Å²) in [7, 11) is 0. The number of carbonyl (C=O) groups excluding carboxylic acids is 1. The Bertz CT molecular complexity index is 457. The molecule has 6 heteroatoms. The Hall–Kier alpha value is -1.23. The summed E-state index contributed by atoms with van der Waals surface area (Å²) in [4.78, 5) is 11.6. The van der Waals surface area contributed by atoms with E-state index >= 15 is 0 Å². The maximum Gasteiger partial charge on any atom is 0.416 e. The number of hydrogen-bond acceptors (Lipinski definition) is 1.